The number of ether oxygens (including phenoxy) is 1. The first-order valence-corrected chi connectivity index (χ1v) is 9.66. The second kappa shape index (κ2) is 11.6. The van der Waals surface area contributed by atoms with Crippen LogP contribution >= 0.6 is 22.9 Å². The maximum atomic E-state index is 11.7. The van der Waals surface area contributed by atoms with Crippen molar-refractivity contribution in [2.45, 2.75) is 6.10 Å². The van der Waals surface area contributed by atoms with Gasteiger partial charge in [0.1, 0.15) is 18.5 Å². The summed E-state index contributed by atoms with van der Waals surface area (Å²) in [6.45, 7) is 1.21. The third kappa shape index (κ3) is 7.96. The summed E-state index contributed by atoms with van der Waals surface area (Å²) in [6, 6.07) is 10.5. The highest BCUT2D eigenvalue weighted by Gasteiger charge is 2.09. The van der Waals surface area contributed by atoms with Gasteiger partial charge in [-0.25, -0.2) is 0 Å². The number of halogens is 1. The van der Waals surface area contributed by atoms with Crippen molar-refractivity contribution in [3.8, 4) is 5.75 Å². The minimum Gasteiger partial charge on any atom is -0.489 e. The minimum absolute atomic E-state index is 0.0783. The third-order valence-corrected chi connectivity index (χ3v) is 4.61. The highest BCUT2D eigenvalue weighted by Crippen LogP contribution is 2.22. The van der Waals surface area contributed by atoms with Crippen molar-refractivity contribution in [3.63, 3.8) is 0 Å². The normalized spacial score (nSPS) is 11.6. The number of aliphatic hydroxyl groups is 1. The van der Waals surface area contributed by atoms with Crippen molar-refractivity contribution in [1.82, 2.24) is 16.0 Å². The Bertz CT molecular complexity index is 727. The van der Waals surface area contributed by atoms with Gasteiger partial charge in [-0.15, -0.1) is 11.3 Å². The van der Waals surface area contributed by atoms with Crippen LogP contribution in [0.15, 0.2) is 41.8 Å². The monoisotopic (exact) mass is 411 g/mol. The molecule has 0 aliphatic heterocycles. The topological polar surface area (TPSA) is 99.7 Å². The number of hydrogen-bond acceptors (Lipinski definition) is 6. The average molecular weight is 412 g/mol. The zero-order valence-corrected chi connectivity index (χ0v) is 16.2. The lowest BCUT2D eigenvalue weighted by molar-refractivity contribution is -0.120. The molecule has 1 unspecified atom stereocenters. The molecule has 0 aliphatic carbocycles. The molecule has 2 rings (SSSR count). The largest absolute Gasteiger partial charge is 0.489 e. The lowest BCUT2D eigenvalue weighted by atomic mass is 10.3. The van der Waals surface area contributed by atoms with E-state index in [-0.39, 0.29) is 25.0 Å². The summed E-state index contributed by atoms with van der Waals surface area (Å²) in [7, 11) is 0. The van der Waals surface area contributed by atoms with Crippen molar-refractivity contribution in [2.24, 2.45) is 0 Å². The van der Waals surface area contributed by atoms with E-state index < -0.39 is 6.10 Å². The third-order valence-electron chi connectivity index (χ3n) is 3.43. The quantitative estimate of drug-likeness (QED) is 0.417. The van der Waals surface area contributed by atoms with Crippen LogP contribution in [0.1, 0.15) is 9.67 Å². The molecule has 0 saturated carbocycles. The van der Waals surface area contributed by atoms with Crippen LogP contribution < -0.4 is 20.7 Å². The number of thiophene rings is 1. The van der Waals surface area contributed by atoms with Crippen molar-refractivity contribution in [1.29, 1.82) is 0 Å². The molecule has 0 bridgehead atoms. The number of hydrogen-bond donors (Lipinski definition) is 4. The lowest BCUT2D eigenvalue weighted by Gasteiger charge is -2.14. The average Bonchev–Trinajstić information content (AvgIpc) is 3.20. The molecule has 146 valence electrons. The molecule has 0 radical (unpaired) electrons. The molecule has 1 aromatic heterocycles. The van der Waals surface area contributed by atoms with Crippen LogP contribution in [0.3, 0.4) is 0 Å². The first-order chi connectivity index (χ1) is 13.1. The fourth-order valence-corrected chi connectivity index (χ4v) is 2.91. The highest BCUT2D eigenvalue weighted by molar-refractivity contribution is 7.12. The molecule has 1 aromatic carbocycles. The summed E-state index contributed by atoms with van der Waals surface area (Å²) in [5.41, 5.74) is 0. The van der Waals surface area contributed by atoms with E-state index in [1.165, 1.54) is 11.3 Å². The van der Waals surface area contributed by atoms with Crippen LogP contribution in [-0.2, 0) is 4.79 Å². The SMILES string of the molecule is O=C(CNC(=O)c1cccs1)NCCNCC(O)COc1ccccc1Cl. The fraction of sp³-hybridized carbons (Fsp3) is 0.333. The molecular weight excluding hydrogens is 390 g/mol. The van der Waals surface area contributed by atoms with Gasteiger partial charge < -0.3 is 25.8 Å². The van der Waals surface area contributed by atoms with Gasteiger partial charge in [-0.1, -0.05) is 29.8 Å². The van der Waals surface area contributed by atoms with Gasteiger partial charge in [-0.3, -0.25) is 9.59 Å². The van der Waals surface area contributed by atoms with E-state index in [4.69, 9.17) is 16.3 Å². The van der Waals surface area contributed by atoms with Gasteiger partial charge in [0, 0.05) is 19.6 Å². The molecular formula is C18H22ClN3O4S. The molecule has 27 heavy (non-hydrogen) atoms. The van der Waals surface area contributed by atoms with Gasteiger partial charge in [-0.05, 0) is 23.6 Å². The van der Waals surface area contributed by atoms with Crippen LogP contribution in [0.2, 0.25) is 5.02 Å². The predicted molar refractivity (Wildman–Crippen MR) is 105 cm³/mol. The van der Waals surface area contributed by atoms with E-state index in [0.29, 0.717) is 35.3 Å². The van der Waals surface area contributed by atoms with Gasteiger partial charge >= 0.3 is 0 Å². The number of rotatable bonds is 11. The van der Waals surface area contributed by atoms with Crippen LogP contribution in [0.5, 0.6) is 5.75 Å². The number of benzene rings is 1. The summed E-state index contributed by atoms with van der Waals surface area (Å²) in [5, 5.41) is 20.4. The van der Waals surface area contributed by atoms with Gasteiger partial charge in [0.2, 0.25) is 5.91 Å². The minimum atomic E-state index is -0.706. The molecule has 0 aliphatic rings. The molecule has 9 heteroatoms. The number of carbonyl (C=O) groups is 2. The Hall–Kier alpha value is -2.13. The second-order valence-electron chi connectivity index (χ2n) is 5.61. The Morgan fingerprint density at radius 3 is 2.70 bits per heavy atom. The van der Waals surface area contributed by atoms with Crippen LogP contribution in [0, 0.1) is 0 Å². The van der Waals surface area contributed by atoms with Crippen molar-refractivity contribution >= 4 is 34.8 Å². The second-order valence-corrected chi connectivity index (χ2v) is 6.96. The molecule has 4 N–H and O–H groups in total. The van der Waals surface area contributed by atoms with Crippen molar-refractivity contribution < 1.29 is 19.4 Å². The number of para-hydroxylation sites is 1. The Morgan fingerprint density at radius 2 is 1.96 bits per heavy atom. The lowest BCUT2D eigenvalue weighted by Crippen LogP contribution is -2.41. The van der Waals surface area contributed by atoms with Crippen LogP contribution in [0.4, 0.5) is 0 Å². The number of carbonyl (C=O) groups excluding carboxylic acids is 2. The molecule has 0 saturated heterocycles. The molecule has 7 nitrogen and oxygen atoms in total. The van der Waals surface area contributed by atoms with E-state index in [1.807, 2.05) is 0 Å². The summed E-state index contributed by atoms with van der Waals surface area (Å²) in [4.78, 5) is 23.9. The van der Waals surface area contributed by atoms with E-state index in [0.717, 1.165) is 0 Å². The Labute approximate surface area is 166 Å². The molecule has 1 atom stereocenters. The van der Waals surface area contributed by atoms with Gasteiger partial charge in [0.25, 0.3) is 5.91 Å². The smallest absolute Gasteiger partial charge is 0.261 e. The van der Waals surface area contributed by atoms with Gasteiger partial charge in [0.05, 0.1) is 16.4 Å². The zero-order chi connectivity index (χ0) is 19.5. The van der Waals surface area contributed by atoms with E-state index >= 15 is 0 Å². The number of aliphatic hydroxyl groups excluding tert-OH is 1. The number of amides is 2. The first kappa shape index (κ1) is 21.2. The molecule has 2 amide bonds. The first-order valence-electron chi connectivity index (χ1n) is 8.41. The summed E-state index contributed by atoms with van der Waals surface area (Å²) in [5.74, 6) is -0.0145. The Morgan fingerprint density at radius 1 is 1.15 bits per heavy atom. The Kier molecular flexibility index (Phi) is 9.06. The molecule has 2 aromatic rings. The van der Waals surface area contributed by atoms with Crippen LogP contribution in [0.25, 0.3) is 0 Å². The molecule has 0 fully saturated rings. The highest BCUT2D eigenvalue weighted by atomic mass is 35.5. The zero-order valence-electron chi connectivity index (χ0n) is 14.6. The van der Waals surface area contributed by atoms with Gasteiger partial charge in [-0.2, -0.15) is 0 Å². The maximum Gasteiger partial charge on any atom is 0.261 e. The number of nitrogens with one attached hydrogen (secondary N) is 3. The standard InChI is InChI=1S/C18H22ClN3O4S/c19-14-4-1-2-5-15(14)26-12-13(23)10-20-7-8-21-17(24)11-22-18(25)16-6-3-9-27-16/h1-6,9,13,20,23H,7-8,10-12H2,(H,21,24)(H,22,25). The van der Waals surface area contributed by atoms with Gasteiger partial charge in [0.15, 0.2) is 0 Å². The van der Waals surface area contributed by atoms with Crippen molar-refractivity contribution in [2.75, 3.05) is 32.8 Å². The predicted octanol–water partition coefficient (Wildman–Crippen LogP) is 1.28. The summed E-state index contributed by atoms with van der Waals surface area (Å²) < 4.78 is 5.45. The summed E-state index contributed by atoms with van der Waals surface area (Å²) >= 11 is 7.29. The van der Waals surface area contributed by atoms with Crippen molar-refractivity contribution in [3.05, 3.63) is 51.7 Å². The van der Waals surface area contributed by atoms with E-state index in [9.17, 15) is 14.7 Å². The fourth-order valence-electron chi connectivity index (χ4n) is 2.08. The molecule has 0 spiro atoms. The van der Waals surface area contributed by atoms with Crippen LogP contribution in [-0.4, -0.2) is 55.8 Å². The van der Waals surface area contributed by atoms with E-state index in [1.54, 1.807) is 41.8 Å². The van der Waals surface area contributed by atoms with E-state index in [2.05, 4.69) is 16.0 Å². The Balaban J connectivity index is 1.50. The molecule has 1 heterocycles. The summed E-state index contributed by atoms with van der Waals surface area (Å²) in [6.07, 6.45) is -0.706. The maximum absolute atomic E-state index is 11.7.